The third kappa shape index (κ3) is 4.15. The van der Waals surface area contributed by atoms with E-state index in [9.17, 15) is 4.79 Å². The lowest BCUT2D eigenvalue weighted by atomic mass is 10.1. The zero-order valence-corrected chi connectivity index (χ0v) is 16.5. The molecule has 0 atom stereocenters. The number of aryl methyl sites for hydroxylation is 3. The molecule has 0 fully saturated rings. The Bertz CT molecular complexity index is 788. The van der Waals surface area contributed by atoms with E-state index in [1.807, 2.05) is 27.7 Å². The van der Waals surface area contributed by atoms with E-state index in [-0.39, 0.29) is 6.10 Å². The smallest absolute Gasteiger partial charge is 0.248 e. The van der Waals surface area contributed by atoms with Crippen molar-refractivity contribution in [2.24, 2.45) is 5.73 Å². The standard InChI is InChI=1S/C21H28N2O3/c1-7-17(8-2)25-19-14(5)11-23-21(15(19)6)26-18-12(3)9-16(20(22)24)10-13(18)4/h9-11,17H,7-8H2,1-6H3,(H2,22,24). The summed E-state index contributed by atoms with van der Waals surface area (Å²) >= 11 is 0. The van der Waals surface area contributed by atoms with Crippen LogP contribution in [-0.2, 0) is 0 Å². The van der Waals surface area contributed by atoms with E-state index in [0.29, 0.717) is 17.2 Å². The highest BCUT2D eigenvalue weighted by molar-refractivity contribution is 5.93. The van der Waals surface area contributed by atoms with Gasteiger partial charge in [-0.05, 0) is 63.8 Å². The highest BCUT2D eigenvalue weighted by Gasteiger charge is 2.17. The van der Waals surface area contributed by atoms with Gasteiger partial charge in [-0.15, -0.1) is 0 Å². The van der Waals surface area contributed by atoms with Crippen LogP contribution in [0.1, 0.15) is 59.3 Å². The van der Waals surface area contributed by atoms with Crippen molar-refractivity contribution in [3.05, 3.63) is 46.1 Å². The maximum atomic E-state index is 11.4. The molecule has 0 saturated carbocycles. The van der Waals surface area contributed by atoms with Crippen LogP contribution >= 0.6 is 0 Å². The quantitative estimate of drug-likeness (QED) is 0.775. The second kappa shape index (κ2) is 8.21. The fraction of sp³-hybridized carbons (Fsp3) is 0.429. The zero-order chi connectivity index (χ0) is 19.4. The van der Waals surface area contributed by atoms with Gasteiger partial charge in [0.1, 0.15) is 11.5 Å². The highest BCUT2D eigenvalue weighted by atomic mass is 16.5. The fourth-order valence-corrected chi connectivity index (χ4v) is 2.96. The summed E-state index contributed by atoms with van der Waals surface area (Å²) in [5.74, 6) is 1.57. The summed E-state index contributed by atoms with van der Waals surface area (Å²) in [5.41, 5.74) is 9.38. The summed E-state index contributed by atoms with van der Waals surface area (Å²) in [6.45, 7) is 11.9. The molecule has 1 aromatic heterocycles. The van der Waals surface area contributed by atoms with Crippen molar-refractivity contribution >= 4 is 5.91 Å². The number of pyridine rings is 1. The molecule has 26 heavy (non-hydrogen) atoms. The molecule has 0 aliphatic carbocycles. The highest BCUT2D eigenvalue weighted by Crippen LogP contribution is 2.35. The summed E-state index contributed by atoms with van der Waals surface area (Å²) in [6.07, 6.45) is 3.82. The first kappa shape index (κ1) is 19.8. The summed E-state index contributed by atoms with van der Waals surface area (Å²) in [4.78, 5) is 15.9. The molecular formula is C21H28N2O3. The minimum atomic E-state index is -0.451. The predicted octanol–water partition coefficient (Wildman–Crippen LogP) is 4.77. The van der Waals surface area contributed by atoms with Crippen LogP contribution in [-0.4, -0.2) is 17.0 Å². The number of aromatic nitrogens is 1. The van der Waals surface area contributed by atoms with Gasteiger partial charge in [0, 0.05) is 17.3 Å². The van der Waals surface area contributed by atoms with Gasteiger partial charge in [0.25, 0.3) is 0 Å². The van der Waals surface area contributed by atoms with Gasteiger partial charge >= 0.3 is 0 Å². The van der Waals surface area contributed by atoms with Crippen LogP contribution in [0, 0.1) is 27.7 Å². The number of hydrogen-bond acceptors (Lipinski definition) is 4. The Morgan fingerprint density at radius 2 is 1.62 bits per heavy atom. The van der Waals surface area contributed by atoms with Crippen molar-refractivity contribution < 1.29 is 14.3 Å². The summed E-state index contributed by atoms with van der Waals surface area (Å²) in [7, 11) is 0. The van der Waals surface area contributed by atoms with Crippen molar-refractivity contribution in [2.45, 2.75) is 60.5 Å². The van der Waals surface area contributed by atoms with Crippen molar-refractivity contribution in [3.8, 4) is 17.4 Å². The molecule has 2 N–H and O–H groups in total. The topological polar surface area (TPSA) is 74.4 Å². The number of nitrogens with two attached hydrogens (primary N) is 1. The second-order valence-electron chi connectivity index (χ2n) is 6.66. The third-order valence-corrected chi connectivity index (χ3v) is 4.53. The molecule has 0 radical (unpaired) electrons. The zero-order valence-electron chi connectivity index (χ0n) is 16.5. The number of nitrogens with zero attached hydrogens (tertiary/aromatic N) is 1. The molecule has 5 heteroatoms. The number of benzene rings is 1. The Morgan fingerprint density at radius 1 is 1.04 bits per heavy atom. The Hall–Kier alpha value is -2.56. The van der Waals surface area contributed by atoms with Gasteiger partial charge in [0.2, 0.25) is 11.8 Å². The number of hydrogen-bond donors (Lipinski definition) is 1. The minimum Gasteiger partial charge on any atom is -0.490 e. The van der Waals surface area contributed by atoms with Crippen molar-refractivity contribution in [1.82, 2.24) is 4.98 Å². The number of rotatable bonds is 7. The van der Waals surface area contributed by atoms with Crippen LogP contribution in [0.2, 0.25) is 0 Å². The van der Waals surface area contributed by atoms with Crippen LogP contribution < -0.4 is 15.2 Å². The van der Waals surface area contributed by atoms with E-state index in [1.165, 1.54) is 0 Å². The molecule has 0 aliphatic heterocycles. The Morgan fingerprint density at radius 3 is 2.12 bits per heavy atom. The lowest BCUT2D eigenvalue weighted by Gasteiger charge is -2.21. The largest absolute Gasteiger partial charge is 0.490 e. The first-order valence-corrected chi connectivity index (χ1v) is 9.00. The van der Waals surface area contributed by atoms with Gasteiger partial charge in [0.05, 0.1) is 11.7 Å². The lowest BCUT2D eigenvalue weighted by Crippen LogP contribution is -2.15. The van der Waals surface area contributed by atoms with Crippen LogP contribution in [0.25, 0.3) is 0 Å². The number of carbonyl (C=O) groups is 1. The van der Waals surface area contributed by atoms with E-state index >= 15 is 0 Å². The normalized spacial score (nSPS) is 10.9. The van der Waals surface area contributed by atoms with Gasteiger partial charge in [-0.1, -0.05) is 13.8 Å². The Labute approximate surface area is 155 Å². The van der Waals surface area contributed by atoms with Crippen LogP contribution in [0.15, 0.2) is 18.3 Å². The molecule has 0 aliphatic rings. The van der Waals surface area contributed by atoms with Gasteiger partial charge in [-0.3, -0.25) is 4.79 Å². The van der Waals surface area contributed by atoms with E-state index < -0.39 is 5.91 Å². The van der Waals surface area contributed by atoms with Gasteiger partial charge < -0.3 is 15.2 Å². The first-order valence-electron chi connectivity index (χ1n) is 9.00. The molecule has 0 unspecified atom stereocenters. The molecule has 140 valence electrons. The lowest BCUT2D eigenvalue weighted by molar-refractivity contribution is 0.1000. The number of amides is 1. The maximum absolute atomic E-state index is 11.4. The molecule has 0 saturated heterocycles. The maximum Gasteiger partial charge on any atom is 0.248 e. The number of primary amides is 1. The summed E-state index contributed by atoms with van der Waals surface area (Å²) in [6, 6.07) is 3.46. The molecule has 2 aromatic rings. The van der Waals surface area contributed by atoms with Crippen LogP contribution in [0.5, 0.6) is 17.4 Å². The molecule has 1 heterocycles. The van der Waals surface area contributed by atoms with Crippen LogP contribution in [0.4, 0.5) is 0 Å². The minimum absolute atomic E-state index is 0.168. The average molecular weight is 356 g/mol. The third-order valence-electron chi connectivity index (χ3n) is 4.53. The van der Waals surface area contributed by atoms with Crippen LogP contribution in [0.3, 0.4) is 0 Å². The van der Waals surface area contributed by atoms with Gasteiger partial charge in [0.15, 0.2) is 0 Å². The molecule has 5 nitrogen and oxygen atoms in total. The van der Waals surface area contributed by atoms with Crippen molar-refractivity contribution in [3.63, 3.8) is 0 Å². The molecule has 0 bridgehead atoms. The summed E-state index contributed by atoms with van der Waals surface area (Å²) in [5, 5.41) is 0. The molecule has 0 spiro atoms. The molecule has 2 rings (SSSR count). The molecule has 1 amide bonds. The number of ether oxygens (including phenoxy) is 2. The SMILES string of the molecule is CCC(CC)Oc1c(C)cnc(Oc2c(C)cc(C(N)=O)cc2C)c1C. The predicted molar refractivity (Wildman–Crippen MR) is 103 cm³/mol. The number of carbonyl (C=O) groups excluding carboxylic acids is 1. The van der Waals surface area contributed by atoms with E-state index in [1.54, 1.807) is 18.3 Å². The average Bonchev–Trinajstić information content (AvgIpc) is 2.59. The van der Waals surface area contributed by atoms with Crippen molar-refractivity contribution in [1.29, 1.82) is 0 Å². The van der Waals surface area contributed by atoms with Gasteiger partial charge in [-0.25, -0.2) is 4.98 Å². The monoisotopic (exact) mass is 356 g/mol. The van der Waals surface area contributed by atoms with E-state index in [4.69, 9.17) is 15.2 Å². The Kier molecular flexibility index (Phi) is 6.24. The van der Waals surface area contributed by atoms with E-state index in [0.717, 1.165) is 40.8 Å². The Balaban J connectivity index is 2.41. The summed E-state index contributed by atoms with van der Waals surface area (Å²) < 4.78 is 12.3. The molecular weight excluding hydrogens is 328 g/mol. The van der Waals surface area contributed by atoms with Crippen molar-refractivity contribution in [2.75, 3.05) is 0 Å². The second-order valence-corrected chi connectivity index (χ2v) is 6.66. The van der Waals surface area contributed by atoms with E-state index in [2.05, 4.69) is 18.8 Å². The molecule has 1 aromatic carbocycles. The van der Waals surface area contributed by atoms with Gasteiger partial charge in [-0.2, -0.15) is 0 Å². The fourth-order valence-electron chi connectivity index (χ4n) is 2.96. The first-order chi connectivity index (χ1) is 12.3.